The summed E-state index contributed by atoms with van der Waals surface area (Å²) in [6.45, 7) is 7.47. The van der Waals surface area contributed by atoms with E-state index in [-0.39, 0.29) is 42.5 Å². The lowest BCUT2D eigenvalue weighted by Gasteiger charge is -2.35. The Morgan fingerprint density at radius 2 is 1.85 bits per heavy atom. The minimum atomic E-state index is -0.966. The van der Waals surface area contributed by atoms with E-state index in [9.17, 15) is 14.0 Å². The van der Waals surface area contributed by atoms with Crippen LogP contribution in [0.1, 0.15) is 80.4 Å². The third-order valence-corrected chi connectivity index (χ3v) is 7.22. The maximum absolute atomic E-state index is 13.9. The van der Waals surface area contributed by atoms with E-state index in [1.54, 1.807) is 19.1 Å². The Kier molecular flexibility index (Phi) is 12.1. The molecule has 0 spiro atoms. The Balaban J connectivity index is 1.70. The quantitative estimate of drug-likeness (QED) is 0.189. The van der Waals surface area contributed by atoms with E-state index in [2.05, 4.69) is 10.3 Å². The van der Waals surface area contributed by atoms with Crippen LogP contribution in [-0.4, -0.2) is 56.3 Å². The van der Waals surface area contributed by atoms with Gasteiger partial charge in [-0.3, -0.25) is 4.79 Å². The van der Waals surface area contributed by atoms with Crippen molar-refractivity contribution in [3.05, 3.63) is 53.1 Å². The van der Waals surface area contributed by atoms with E-state index in [4.69, 9.17) is 23.7 Å². The van der Waals surface area contributed by atoms with Gasteiger partial charge in [-0.05, 0) is 69.7 Å². The number of aryl methyl sites for hydroxylation is 1. The maximum atomic E-state index is 13.9. The molecule has 0 radical (unpaired) electrons. The van der Waals surface area contributed by atoms with Crippen molar-refractivity contribution in [1.29, 1.82) is 0 Å². The molecule has 1 aromatic carbocycles. The molecule has 0 saturated heterocycles. The van der Waals surface area contributed by atoms with Gasteiger partial charge < -0.3 is 29.0 Å². The lowest BCUT2D eigenvalue weighted by molar-refractivity contribution is -0.152. The van der Waals surface area contributed by atoms with E-state index in [0.717, 1.165) is 36.8 Å². The summed E-state index contributed by atoms with van der Waals surface area (Å²) in [4.78, 5) is 30.4. The molecule has 10 heteroatoms. The lowest BCUT2D eigenvalue weighted by Crippen LogP contribution is -2.42. The molecular weight excluding hydrogens is 519 g/mol. The number of nitrogens with zero attached hydrogens (tertiary/aromatic N) is 1. The van der Waals surface area contributed by atoms with Crippen molar-refractivity contribution in [2.45, 2.75) is 77.9 Å². The molecule has 1 N–H and O–H groups in total. The Morgan fingerprint density at radius 3 is 2.52 bits per heavy atom. The molecule has 220 valence electrons. The van der Waals surface area contributed by atoms with Gasteiger partial charge in [-0.2, -0.15) is 0 Å². The predicted molar refractivity (Wildman–Crippen MR) is 147 cm³/mol. The van der Waals surface area contributed by atoms with Crippen molar-refractivity contribution in [2.24, 2.45) is 5.92 Å². The van der Waals surface area contributed by atoms with Crippen LogP contribution < -0.4 is 14.8 Å². The molecule has 40 heavy (non-hydrogen) atoms. The van der Waals surface area contributed by atoms with Crippen molar-refractivity contribution in [2.75, 3.05) is 27.3 Å². The molecule has 1 fully saturated rings. The monoisotopic (exact) mass is 560 g/mol. The summed E-state index contributed by atoms with van der Waals surface area (Å²) in [7, 11) is 1.44. The molecule has 3 rings (SSSR count). The molecule has 3 atom stereocenters. The van der Waals surface area contributed by atoms with Crippen LogP contribution in [0.25, 0.3) is 0 Å². The fourth-order valence-corrected chi connectivity index (χ4v) is 5.25. The number of hydrogen-bond donors (Lipinski definition) is 1. The first kappa shape index (κ1) is 31.3. The van der Waals surface area contributed by atoms with Crippen LogP contribution in [0.3, 0.4) is 0 Å². The first-order chi connectivity index (χ1) is 19.3. The number of hydrogen-bond acceptors (Lipinski definition) is 8. The van der Waals surface area contributed by atoms with E-state index < -0.39 is 24.0 Å². The van der Waals surface area contributed by atoms with Gasteiger partial charge in [0.05, 0.1) is 7.11 Å². The zero-order valence-corrected chi connectivity index (χ0v) is 24.0. The Hall–Kier alpha value is -3.24. The predicted octanol–water partition coefficient (Wildman–Crippen LogP) is 5.30. The number of ether oxygens (including phenoxy) is 5. The van der Waals surface area contributed by atoms with Crippen LogP contribution in [0, 0.1) is 18.7 Å². The second-order valence-electron chi connectivity index (χ2n) is 10.0. The molecular formula is C30H41FN2O7. The average molecular weight is 561 g/mol. The third kappa shape index (κ3) is 8.38. The van der Waals surface area contributed by atoms with Crippen molar-refractivity contribution in [3.63, 3.8) is 0 Å². The summed E-state index contributed by atoms with van der Waals surface area (Å²) in [5.41, 5.74) is 1.76. The number of carbonyl (C=O) groups excluding carboxylic acids is 2. The number of nitrogens with one attached hydrogen (secondary N) is 1. The summed E-state index contributed by atoms with van der Waals surface area (Å²) in [6, 6.07) is 5.36. The summed E-state index contributed by atoms with van der Waals surface area (Å²) in [5, 5.41) is 2.65. The smallest absolute Gasteiger partial charge is 0.328 e. The highest BCUT2D eigenvalue weighted by Gasteiger charge is 2.34. The highest BCUT2D eigenvalue weighted by atomic mass is 19.1. The maximum Gasteiger partial charge on any atom is 0.328 e. The van der Waals surface area contributed by atoms with Gasteiger partial charge >= 0.3 is 5.97 Å². The first-order valence-corrected chi connectivity index (χ1v) is 13.8. The fraction of sp³-hybridized carbons (Fsp3) is 0.567. The normalized spacial score (nSPS) is 16.1. The lowest BCUT2D eigenvalue weighted by atomic mass is 9.73. The van der Waals surface area contributed by atoms with Crippen LogP contribution >= 0.6 is 0 Å². The highest BCUT2D eigenvalue weighted by Crippen LogP contribution is 2.40. The van der Waals surface area contributed by atoms with Gasteiger partial charge in [-0.25, -0.2) is 14.2 Å². The molecule has 1 heterocycles. The van der Waals surface area contributed by atoms with Crippen LogP contribution in [0.4, 0.5) is 4.39 Å². The van der Waals surface area contributed by atoms with Crippen LogP contribution in [-0.2, 0) is 19.0 Å². The molecule has 0 unspecified atom stereocenters. The number of pyridine rings is 1. The van der Waals surface area contributed by atoms with Gasteiger partial charge in [-0.1, -0.05) is 25.3 Å². The van der Waals surface area contributed by atoms with Crippen molar-refractivity contribution in [1.82, 2.24) is 10.3 Å². The number of benzene rings is 1. The van der Waals surface area contributed by atoms with Gasteiger partial charge in [-0.15, -0.1) is 0 Å². The van der Waals surface area contributed by atoms with E-state index in [1.165, 1.54) is 31.9 Å². The van der Waals surface area contributed by atoms with E-state index in [0.29, 0.717) is 12.5 Å². The number of carbonyl (C=O) groups is 2. The topological polar surface area (TPSA) is 105 Å². The molecule has 1 aliphatic rings. The zero-order chi connectivity index (χ0) is 29.1. The second kappa shape index (κ2) is 15.5. The summed E-state index contributed by atoms with van der Waals surface area (Å²) in [6.07, 6.45) is 6.39. The molecule has 0 aliphatic heterocycles. The number of rotatable bonds is 14. The SMILES string of the molecule is CCOCOCOc1c(OC)ccnc1C(=O)N[C@@H](C)C(=O)O[C@H](C)[C@H](c1ccc(F)cc1C)C1CCCCC1. The summed E-state index contributed by atoms with van der Waals surface area (Å²) < 4.78 is 41.1. The number of aromatic nitrogens is 1. The van der Waals surface area contributed by atoms with Crippen LogP contribution in [0.15, 0.2) is 30.5 Å². The largest absolute Gasteiger partial charge is 0.493 e. The Bertz CT molecular complexity index is 1120. The molecule has 1 aliphatic carbocycles. The average Bonchev–Trinajstić information content (AvgIpc) is 2.94. The van der Waals surface area contributed by atoms with Crippen molar-refractivity contribution in [3.8, 4) is 11.5 Å². The van der Waals surface area contributed by atoms with Gasteiger partial charge in [0.1, 0.15) is 18.0 Å². The molecule has 2 aromatic rings. The van der Waals surface area contributed by atoms with Gasteiger partial charge in [0.25, 0.3) is 5.91 Å². The van der Waals surface area contributed by atoms with Gasteiger partial charge in [0.2, 0.25) is 0 Å². The molecule has 1 aromatic heterocycles. The molecule has 0 bridgehead atoms. The second-order valence-corrected chi connectivity index (χ2v) is 10.0. The fourth-order valence-electron chi connectivity index (χ4n) is 5.25. The number of halogens is 1. The zero-order valence-electron chi connectivity index (χ0n) is 24.0. The van der Waals surface area contributed by atoms with Gasteiger partial charge in [0, 0.05) is 24.8 Å². The van der Waals surface area contributed by atoms with Crippen molar-refractivity contribution >= 4 is 11.9 Å². The highest BCUT2D eigenvalue weighted by molar-refractivity contribution is 5.98. The Morgan fingerprint density at radius 1 is 1.10 bits per heavy atom. The molecule has 1 amide bonds. The number of methoxy groups -OCH3 is 1. The van der Waals surface area contributed by atoms with E-state index >= 15 is 0 Å². The number of amides is 1. The molecule has 1 saturated carbocycles. The van der Waals surface area contributed by atoms with Crippen LogP contribution in [0.5, 0.6) is 11.5 Å². The van der Waals surface area contributed by atoms with Crippen molar-refractivity contribution < 1.29 is 37.7 Å². The molecule has 9 nitrogen and oxygen atoms in total. The summed E-state index contributed by atoms with van der Waals surface area (Å²) in [5.74, 6) is -0.896. The standard InChI is InChI=1S/C30H41FN2O7/c1-6-37-17-38-18-39-28-25(36-5)14-15-32-27(28)29(34)33-20(3)30(35)40-21(4)26(22-10-8-7-9-11-22)24-13-12-23(31)16-19(24)2/h12-16,20-22,26H,6-11,17-18H2,1-5H3,(H,33,34)/t20-,21+,26-/m0/s1. The van der Waals surface area contributed by atoms with Crippen LogP contribution in [0.2, 0.25) is 0 Å². The number of esters is 1. The third-order valence-electron chi connectivity index (χ3n) is 7.22. The van der Waals surface area contributed by atoms with Gasteiger partial charge in [0.15, 0.2) is 30.8 Å². The minimum Gasteiger partial charge on any atom is -0.493 e. The first-order valence-electron chi connectivity index (χ1n) is 13.8. The minimum absolute atomic E-state index is 0.0287. The Labute approximate surface area is 235 Å². The van der Waals surface area contributed by atoms with E-state index in [1.807, 2.05) is 20.8 Å². The summed E-state index contributed by atoms with van der Waals surface area (Å²) >= 11 is 0.